The van der Waals surface area contributed by atoms with Crippen LogP contribution in [-0.4, -0.2) is 17.7 Å². The molecule has 0 radical (unpaired) electrons. The van der Waals surface area contributed by atoms with Gasteiger partial charge in [-0.15, -0.1) is 0 Å². The summed E-state index contributed by atoms with van der Waals surface area (Å²) in [6, 6.07) is 0. The van der Waals surface area contributed by atoms with Gasteiger partial charge in [0, 0.05) is 5.41 Å². The zero-order valence-electron chi connectivity index (χ0n) is 7.46. The lowest BCUT2D eigenvalue weighted by Crippen LogP contribution is -2.05. The van der Waals surface area contributed by atoms with E-state index in [1.54, 1.807) is 6.92 Å². The quantitative estimate of drug-likeness (QED) is 0.399. The second-order valence-corrected chi connectivity index (χ2v) is 3.34. The second kappa shape index (κ2) is 3.17. The molecule has 0 spiro atoms. The number of aliphatic hydroxyl groups excluding tert-OH is 1. The van der Waals surface area contributed by atoms with Crippen molar-refractivity contribution >= 4 is 5.97 Å². The number of hydrogen-bond donors (Lipinski definition) is 1. The molecule has 1 aliphatic carbocycles. The maximum atomic E-state index is 10.9. The molecule has 1 rings (SSSR count). The first kappa shape index (κ1) is 9.10. The third-order valence-corrected chi connectivity index (χ3v) is 2.16. The minimum atomic E-state index is -0.455. The largest absolute Gasteiger partial charge is 0.511 e. The van der Waals surface area contributed by atoms with Crippen LogP contribution in [0.4, 0.5) is 0 Å². The first-order chi connectivity index (χ1) is 5.58. The maximum absolute atomic E-state index is 10.9. The number of esters is 1. The topological polar surface area (TPSA) is 46.5 Å². The molecule has 1 N–H and O–H groups in total. The first-order valence-corrected chi connectivity index (χ1v) is 4.16. The molecule has 0 atom stereocenters. The van der Waals surface area contributed by atoms with Gasteiger partial charge in [0.05, 0.1) is 12.7 Å². The molecular formula is C9H14O3. The molecule has 0 aliphatic heterocycles. The molecule has 0 heterocycles. The van der Waals surface area contributed by atoms with Crippen molar-refractivity contribution in [3.8, 4) is 0 Å². The molecule has 0 amide bonds. The van der Waals surface area contributed by atoms with Crippen LogP contribution < -0.4 is 0 Å². The summed E-state index contributed by atoms with van der Waals surface area (Å²) in [5.41, 5.74) is -0.146. The molecule has 12 heavy (non-hydrogen) atoms. The van der Waals surface area contributed by atoms with Gasteiger partial charge in [-0.3, -0.25) is 0 Å². The number of aliphatic hydroxyl groups is 1. The number of carbonyl (C=O) groups is 1. The fraction of sp³-hybridized carbons (Fsp3) is 0.667. The average molecular weight is 170 g/mol. The number of allylic oxidation sites excluding steroid dienone is 1. The van der Waals surface area contributed by atoms with E-state index < -0.39 is 5.97 Å². The molecule has 1 fully saturated rings. The summed E-state index contributed by atoms with van der Waals surface area (Å²) in [4.78, 5) is 10.9. The van der Waals surface area contributed by atoms with Crippen molar-refractivity contribution < 1.29 is 14.6 Å². The highest BCUT2D eigenvalue weighted by molar-refractivity contribution is 5.82. The Kier molecular flexibility index (Phi) is 2.40. The molecule has 68 valence electrons. The van der Waals surface area contributed by atoms with Crippen molar-refractivity contribution in [3.63, 3.8) is 0 Å². The molecular weight excluding hydrogens is 156 g/mol. The van der Waals surface area contributed by atoms with Gasteiger partial charge in [-0.25, -0.2) is 4.79 Å². The van der Waals surface area contributed by atoms with Crippen molar-refractivity contribution in [1.82, 2.24) is 0 Å². The van der Waals surface area contributed by atoms with Gasteiger partial charge < -0.3 is 9.84 Å². The van der Waals surface area contributed by atoms with Crippen LogP contribution in [0.3, 0.4) is 0 Å². The summed E-state index contributed by atoms with van der Waals surface area (Å²) < 4.78 is 4.66. The van der Waals surface area contributed by atoms with Gasteiger partial charge in [0.15, 0.2) is 0 Å². The summed E-state index contributed by atoms with van der Waals surface area (Å²) in [5.74, 6) is -0.302. The molecule has 0 unspecified atom stereocenters. The van der Waals surface area contributed by atoms with Gasteiger partial charge in [-0.05, 0) is 19.8 Å². The third-order valence-electron chi connectivity index (χ3n) is 2.16. The van der Waals surface area contributed by atoms with E-state index in [4.69, 9.17) is 0 Å². The smallest absolute Gasteiger partial charge is 0.334 e. The van der Waals surface area contributed by atoms with E-state index in [0.717, 1.165) is 12.8 Å². The SMILES string of the molecule is CCOC(=O)/C=C(\O)C1(C)CC1. The highest BCUT2D eigenvalue weighted by Gasteiger charge is 2.41. The molecule has 0 aromatic carbocycles. The molecule has 0 aromatic heterocycles. The Balaban J connectivity index is 2.50. The van der Waals surface area contributed by atoms with Crippen LogP contribution >= 0.6 is 0 Å². The summed E-state index contributed by atoms with van der Waals surface area (Å²) >= 11 is 0. The minimum Gasteiger partial charge on any atom is -0.511 e. The maximum Gasteiger partial charge on any atom is 0.334 e. The summed E-state index contributed by atoms with van der Waals surface area (Å²) in [7, 11) is 0. The number of carbonyl (C=O) groups excluding carboxylic acids is 1. The Hall–Kier alpha value is -0.990. The van der Waals surface area contributed by atoms with Crippen LogP contribution in [0.5, 0.6) is 0 Å². The number of hydrogen-bond acceptors (Lipinski definition) is 3. The lowest BCUT2D eigenvalue weighted by molar-refractivity contribution is -0.137. The van der Waals surface area contributed by atoms with Crippen LogP contribution in [-0.2, 0) is 9.53 Å². The number of rotatable bonds is 3. The summed E-state index contributed by atoms with van der Waals surface area (Å²) in [6.07, 6.45) is 3.08. The second-order valence-electron chi connectivity index (χ2n) is 3.34. The number of ether oxygens (including phenoxy) is 1. The summed E-state index contributed by atoms with van der Waals surface area (Å²) in [6.45, 7) is 4.01. The highest BCUT2D eigenvalue weighted by Crippen LogP contribution is 2.50. The fourth-order valence-electron chi connectivity index (χ4n) is 0.913. The van der Waals surface area contributed by atoms with Crippen LogP contribution in [0.1, 0.15) is 26.7 Å². The van der Waals surface area contributed by atoms with E-state index in [2.05, 4.69) is 4.74 Å². The van der Waals surface area contributed by atoms with E-state index >= 15 is 0 Å². The van der Waals surface area contributed by atoms with Crippen LogP contribution in [0.25, 0.3) is 0 Å². The van der Waals surface area contributed by atoms with E-state index in [-0.39, 0.29) is 11.2 Å². The lowest BCUT2D eigenvalue weighted by atomic mass is 10.1. The van der Waals surface area contributed by atoms with Gasteiger partial charge in [-0.1, -0.05) is 6.92 Å². The fourth-order valence-corrected chi connectivity index (χ4v) is 0.913. The molecule has 0 aromatic rings. The van der Waals surface area contributed by atoms with Gasteiger partial charge >= 0.3 is 5.97 Å². The molecule has 1 saturated carbocycles. The zero-order chi connectivity index (χ0) is 9.19. The van der Waals surface area contributed by atoms with Gasteiger partial charge in [0.1, 0.15) is 5.76 Å². The van der Waals surface area contributed by atoms with Crippen LogP contribution in [0, 0.1) is 5.41 Å². The van der Waals surface area contributed by atoms with Crippen molar-refractivity contribution in [2.24, 2.45) is 5.41 Å². The van der Waals surface area contributed by atoms with E-state index in [1.165, 1.54) is 6.08 Å². The first-order valence-electron chi connectivity index (χ1n) is 4.16. The normalized spacial score (nSPS) is 20.3. The van der Waals surface area contributed by atoms with Crippen molar-refractivity contribution in [2.75, 3.05) is 6.61 Å². The molecule has 1 aliphatic rings. The van der Waals surface area contributed by atoms with Gasteiger partial charge in [-0.2, -0.15) is 0 Å². The Labute approximate surface area is 72.0 Å². The predicted octanol–water partition coefficient (Wildman–Crippen LogP) is 1.79. The third kappa shape index (κ3) is 2.00. The van der Waals surface area contributed by atoms with Gasteiger partial charge in [0.25, 0.3) is 0 Å². The van der Waals surface area contributed by atoms with Gasteiger partial charge in [0.2, 0.25) is 0 Å². The molecule has 3 nitrogen and oxygen atoms in total. The van der Waals surface area contributed by atoms with E-state index in [9.17, 15) is 9.90 Å². The van der Waals surface area contributed by atoms with Crippen LogP contribution in [0.15, 0.2) is 11.8 Å². The highest BCUT2D eigenvalue weighted by atomic mass is 16.5. The Morgan fingerprint density at radius 2 is 2.25 bits per heavy atom. The van der Waals surface area contributed by atoms with Crippen molar-refractivity contribution in [3.05, 3.63) is 11.8 Å². The molecule has 3 heteroatoms. The standard InChI is InChI=1S/C9H14O3/c1-3-12-8(11)6-7(10)9(2)4-5-9/h6,10H,3-5H2,1-2H3/b7-6-. The lowest BCUT2D eigenvalue weighted by Gasteiger charge is -2.05. The summed E-state index contributed by atoms with van der Waals surface area (Å²) in [5, 5.41) is 9.41. The Morgan fingerprint density at radius 3 is 2.67 bits per heavy atom. The van der Waals surface area contributed by atoms with Crippen molar-refractivity contribution in [1.29, 1.82) is 0 Å². The van der Waals surface area contributed by atoms with Crippen molar-refractivity contribution in [2.45, 2.75) is 26.7 Å². The van der Waals surface area contributed by atoms with E-state index in [1.807, 2.05) is 6.92 Å². The zero-order valence-corrected chi connectivity index (χ0v) is 7.46. The Morgan fingerprint density at radius 1 is 1.67 bits per heavy atom. The van der Waals surface area contributed by atoms with E-state index in [0.29, 0.717) is 6.61 Å². The van der Waals surface area contributed by atoms with Crippen LogP contribution in [0.2, 0.25) is 0 Å². The average Bonchev–Trinajstić information content (AvgIpc) is 2.69. The predicted molar refractivity (Wildman–Crippen MR) is 44.7 cm³/mol. The monoisotopic (exact) mass is 170 g/mol. The Bertz CT molecular complexity index is 214. The minimum absolute atomic E-state index is 0.146. The molecule has 0 bridgehead atoms. The molecule has 0 saturated heterocycles.